The molecule has 0 aromatic carbocycles. The summed E-state index contributed by atoms with van der Waals surface area (Å²) in [6, 6.07) is 0. The molecule has 4 aliphatic rings. The Morgan fingerprint density at radius 1 is 1.00 bits per heavy atom. The number of nitrogens with two attached hydrogens (primary N) is 1. The molecule has 0 aromatic heterocycles. The van der Waals surface area contributed by atoms with Gasteiger partial charge >= 0.3 is 0 Å². The van der Waals surface area contributed by atoms with E-state index in [0.717, 1.165) is 36.1 Å². The molecule has 2 heteroatoms. The van der Waals surface area contributed by atoms with Crippen LogP contribution in [0.4, 0.5) is 0 Å². The van der Waals surface area contributed by atoms with Gasteiger partial charge in [0, 0.05) is 12.1 Å². The van der Waals surface area contributed by atoms with E-state index in [9.17, 15) is 0 Å². The average molecular weight is 236 g/mol. The fourth-order valence-corrected chi connectivity index (χ4v) is 5.56. The molecule has 2 N–H and O–H groups in total. The fourth-order valence-electron chi connectivity index (χ4n) is 5.56. The minimum Gasteiger partial charge on any atom is -0.329 e. The van der Waals surface area contributed by atoms with Crippen LogP contribution in [0.15, 0.2) is 0 Å². The minimum absolute atomic E-state index is 0.225. The highest BCUT2D eigenvalue weighted by atomic mass is 15.2. The number of hydrogen-bond acceptors (Lipinski definition) is 2. The summed E-state index contributed by atoms with van der Waals surface area (Å²) >= 11 is 0. The second kappa shape index (κ2) is 3.96. The molecule has 2 nitrogen and oxygen atoms in total. The molecule has 4 saturated carbocycles. The summed E-state index contributed by atoms with van der Waals surface area (Å²) in [5, 5.41) is 0. The first-order valence-corrected chi connectivity index (χ1v) is 7.42. The SMILES string of the molecule is CN(C)C(C)(CN)C1C2CC3CC(C2)CC1C3. The van der Waals surface area contributed by atoms with Crippen molar-refractivity contribution in [1.82, 2.24) is 4.90 Å². The Balaban J connectivity index is 1.88. The topological polar surface area (TPSA) is 29.3 Å². The first kappa shape index (κ1) is 12.0. The lowest BCUT2D eigenvalue weighted by Crippen LogP contribution is -2.62. The van der Waals surface area contributed by atoms with Gasteiger partial charge < -0.3 is 10.6 Å². The normalized spacial score (nSPS) is 47.5. The van der Waals surface area contributed by atoms with Crippen LogP contribution in [0.3, 0.4) is 0 Å². The Morgan fingerprint density at radius 2 is 1.47 bits per heavy atom. The molecule has 4 aliphatic carbocycles. The summed E-state index contributed by atoms with van der Waals surface area (Å²) in [5.74, 6) is 4.94. The number of likely N-dealkylation sites (N-methyl/N-ethyl adjacent to an activating group) is 1. The van der Waals surface area contributed by atoms with Gasteiger partial charge in [0.1, 0.15) is 0 Å². The summed E-state index contributed by atoms with van der Waals surface area (Å²) in [7, 11) is 4.44. The molecule has 1 unspecified atom stereocenters. The van der Waals surface area contributed by atoms with Crippen LogP contribution in [-0.4, -0.2) is 31.1 Å². The second-order valence-electron chi connectivity index (χ2n) is 7.41. The minimum atomic E-state index is 0.225. The Labute approximate surface area is 106 Å². The standard InChI is InChI=1S/C15H28N2/c1-15(9-16,17(2)3)14-12-5-10-4-11(7-12)8-13(14)6-10/h10-14H,4-9,16H2,1-3H3. The molecule has 0 spiro atoms. The van der Waals surface area contributed by atoms with Gasteiger partial charge in [-0.15, -0.1) is 0 Å². The van der Waals surface area contributed by atoms with Crippen molar-refractivity contribution in [3.63, 3.8) is 0 Å². The average Bonchev–Trinajstić information content (AvgIpc) is 2.26. The Bertz CT molecular complexity index is 271. The van der Waals surface area contributed by atoms with Crippen LogP contribution in [0.1, 0.15) is 39.0 Å². The third kappa shape index (κ3) is 1.67. The van der Waals surface area contributed by atoms with Crippen LogP contribution in [0.25, 0.3) is 0 Å². The van der Waals surface area contributed by atoms with Crippen molar-refractivity contribution in [3.8, 4) is 0 Å². The highest BCUT2D eigenvalue weighted by Crippen LogP contribution is 2.59. The van der Waals surface area contributed by atoms with Crippen molar-refractivity contribution >= 4 is 0 Å². The van der Waals surface area contributed by atoms with Crippen LogP contribution in [-0.2, 0) is 0 Å². The maximum absolute atomic E-state index is 6.15. The van der Waals surface area contributed by atoms with E-state index in [-0.39, 0.29) is 5.54 Å². The smallest absolute Gasteiger partial charge is 0.0330 e. The van der Waals surface area contributed by atoms with Gasteiger partial charge in [-0.2, -0.15) is 0 Å². The quantitative estimate of drug-likeness (QED) is 0.815. The van der Waals surface area contributed by atoms with Gasteiger partial charge in [0.25, 0.3) is 0 Å². The third-order valence-electron chi connectivity index (χ3n) is 6.38. The van der Waals surface area contributed by atoms with Gasteiger partial charge in [-0.1, -0.05) is 0 Å². The molecule has 0 aromatic rings. The first-order chi connectivity index (χ1) is 8.04. The Kier molecular flexibility index (Phi) is 2.79. The predicted molar refractivity (Wildman–Crippen MR) is 71.7 cm³/mol. The summed E-state index contributed by atoms with van der Waals surface area (Å²) in [4.78, 5) is 2.40. The van der Waals surface area contributed by atoms with Crippen molar-refractivity contribution in [2.45, 2.75) is 44.6 Å². The zero-order valence-corrected chi connectivity index (χ0v) is 11.7. The van der Waals surface area contributed by atoms with Gasteiger partial charge in [-0.3, -0.25) is 0 Å². The van der Waals surface area contributed by atoms with E-state index < -0.39 is 0 Å². The summed E-state index contributed by atoms with van der Waals surface area (Å²) in [5.41, 5.74) is 6.37. The Morgan fingerprint density at radius 3 is 1.82 bits per heavy atom. The zero-order valence-electron chi connectivity index (χ0n) is 11.7. The molecule has 0 amide bonds. The van der Waals surface area contributed by atoms with Crippen LogP contribution in [0, 0.1) is 29.6 Å². The molecule has 4 bridgehead atoms. The van der Waals surface area contributed by atoms with Crippen LogP contribution < -0.4 is 5.73 Å². The van der Waals surface area contributed by atoms with E-state index in [0.29, 0.717) is 0 Å². The molecular weight excluding hydrogens is 208 g/mol. The van der Waals surface area contributed by atoms with Gasteiger partial charge in [-0.25, -0.2) is 0 Å². The van der Waals surface area contributed by atoms with Crippen LogP contribution in [0.5, 0.6) is 0 Å². The van der Waals surface area contributed by atoms with Crippen molar-refractivity contribution < 1.29 is 0 Å². The Hall–Kier alpha value is -0.0800. The van der Waals surface area contributed by atoms with E-state index in [1.807, 2.05) is 0 Å². The lowest BCUT2D eigenvalue weighted by atomic mass is 9.48. The summed E-state index contributed by atoms with van der Waals surface area (Å²) in [6.45, 7) is 3.22. The van der Waals surface area contributed by atoms with Gasteiger partial charge in [0.05, 0.1) is 0 Å². The van der Waals surface area contributed by atoms with E-state index in [2.05, 4.69) is 25.9 Å². The zero-order chi connectivity index (χ0) is 12.2. The molecule has 0 aliphatic heterocycles. The predicted octanol–water partition coefficient (Wildman–Crippen LogP) is 2.34. The number of hydrogen-bond donors (Lipinski definition) is 1. The van der Waals surface area contributed by atoms with Gasteiger partial charge in [0.15, 0.2) is 0 Å². The van der Waals surface area contributed by atoms with E-state index >= 15 is 0 Å². The summed E-state index contributed by atoms with van der Waals surface area (Å²) < 4.78 is 0. The van der Waals surface area contributed by atoms with E-state index in [4.69, 9.17) is 5.73 Å². The van der Waals surface area contributed by atoms with Gasteiger partial charge in [-0.05, 0) is 82.7 Å². The maximum atomic E-state index is 6.15. The third-order valence-corrected chi connectivity index (χ3v) is 6.38. The van der Waals surface area contributed by atoms with Crippen molar-refractivity contribution in [2.75, 3.05) is 20.6 Å². The first-order valence-electron chi connectivity index (χ1n) is 7.42. The number of nitrogens with zero attached hydrogens (tertiary/aromatic N) is 1. The maximum Gasteiger partial charge on any atom is 0.0330 e. The summed E-state index contributed by atoms with van der Waals surface area (Å²) in [6.07, 6.45) is 7.55. The molecule has 0 saturated heterocycles. The van der Waals surface area contributed by atoms with Crippen LogP contribution >= 0.6 is 0 Å². The van der Waals surface area contributed by atoms with Crippen molar-refractivity contribution in [3.05, 3.63) is 0 Å². The molecule has 17 heavy (non-hydrogen) atoms. The lowest BCUT2D eigenvalue weighted by Gasteiger charge is -2.60. The van der Waals surface area contributed by atoms with Gasteiger partial charge in [0.2, 0.25) is 0 Å². The molecule has 4 rings (SSSR count). The van der Waals surface area contributed by atoms with Crippen molar-refractivity contribution in [1.29, 1.82) is 0 Å². The molecule has 0 radical (unpaired) electrons. The molecular formula is C15H28N2. The molecule has 1 atom stereocenters. The van der Waals surface area contributed by atoms with Crippen molar-refractivity contribution in [2.24, 2.45) is 35.3 Å². The highest BCUT2D eigenvalue weighted by Gasteiger charge is 2.54. The fraction of sp³-hybridized carbons (Fsp3) is 1.00. The molecule has 4 fully saturated rings. The van der Waals surface area contributed by atoms with E-state index in [1.54, 1.807) is 6.42 Å². The second-order valence-corrected chi connectivity index (χ2v) is 7.41. The molecule has 0 heterocycles. The number of rotatable bonds is 3. The van der Waals surface area contributed by atoms with Crippen LogP contribution in [0.2, 0.25) is 0 Å². The van der Waals surface area contributed by atoms with E-state index in [1.165, 1.54) is 25.7 Å². The largest absolute Gasteiger partial charge is 0.329 e. The monoisotopic (exact) mass is 236 g/mol. The lowest BCUT2D eigenvalue weighted by molar-refractivity contribution is -0.0965. The highest BCUT2D eigenvalue weighted by molar-refractivity contribution is 5.06. The molecule has 98 valence electrons.